The molecule has 5 nitrogen and oxygen atoms in total. The molecule has 0 aromatic heterocycles. The van der Waals surface area contributed by atoms with Gasteiger partial charge in [0.25, 0.3) is 0 Å². The Balaban J connectivity index is 2.39. The molecular weight excluding hydrogens is 351 g/mol. The second kappa shape index (κ2) is 6.48. The van der Waals surface area contributed by atoms with Crippen molar-refractivity contribution in [1.82, 2.24) is 0 Å². The van der Waals surface area contributed by atoms with Crippen LogP contribution in [0.2, 0.25) is 5.02 Å². The van der Waals surface area contributed by atoms with Crippen LogP contribution in [0, 0.1) is 5.92 Å². The number of hydrogen-bond acceptors (Lipinski definition) is 5. The lowest BCUT2D eigenvalue weighted by Crippen LogP contribution is -2.35. The first kappa shape index (κ1) is 17.1. The van der Waals surface area contributed by atoms with Crippen LogP contribution in [0.4, 0.5) is 0 Å². The molecule has 1 saturated carbocycles. The summed E-state index contributed by atoms with van der Waals surface area (Å²) in [7, 11) is -3.67. The fourth-order valence-corrected chi connectivity index (χ4v) is 3.72. The van der Waals surface area contributed by atoms with E-state index in [9.17, 15) is 22.8 Å². The van der Waals surface area contributed by atoms with Crippen molar-refractivity contribution in [2.45, 2.75) is 24.2 Å². The quantitative estimate of drug-likeness (QED) is 0.466. The summed E-state index contributed by atoms with van der Waals surface area (Å²) in [5.41, 5.74) is -0.0382. The van der Waals surface area contributed by atoms with Gasteiger partial charge in [0.1, 0.15) is 11.1 Å². The minimum Gasteiger partial charge on any atom is -0.298 e. The van der Waals surface area contributed by atoms with Gasteiger partial charge in [-0.2, -0.15) is 0 Å². The van der Waals surface area contributed by atoms with Gasteiger partial charge in [0.15, 0.2) is 27.2 Å². The summed E-state index contributed by atoms with van der Waals surface area (Å²) < 4.78 is 23.3. The van der Waals surface area contributed by atoms with Gasteiger partial charge in [-0.3, -0.25) is 14.4 Å². The van der Waals surface area contributed by atoms with E-state index in [1.807, 2.05) is 0 Å². The third-order valence-electron chi connectivity index (χ3n) is 3.46. The van der Waals surface area contributed by atoms with Gasteiger partial charge in [-0.15, -0.1) is 11.6 Å². The van der Waals surface area contributed by atoms with Crippen molar-refractivity contribution in [3.63, 3.8) is 0 Å². The number of halogens is 2. The van der Waals surface area contributed by atoms with Crippen LogP contribution in [0.3, 0.4) is 0 Å². The summed E-state index contributed by atoms with van der Waals surface area (Å²) in [6.07, 6.45) is 0.805. The van der Waals surface area contributed by atoms with Gasteiger partial charge in [0.05, 0.1) is 9.92 Å². The SMILES string of the molecule is O=C1CCCC(=O)C1C(=O)c1ccc(S(=O)(=O)CCl)cc1Cl. The number of benzene rings is 1. The highest BCUT2D eigenvalue weighted by atomic mass is 35.5. The number of alkyl halides is 1. The van der Waals surface area contributed by atoms with Gasteiger partial charge < -0.3 is 0 Å². The maximum absolute atomic E-state index is 12.4. The van der Waals surface area contributed by atoms with Crippen LogP contribution in [-0.4, -0.2) is 31.0 Å². The highest BCUT2D eigenvalue weighted by Crippen LogP contribution is 2.27. The van der Waals surface area contributed by atoms with E-state index in [-0.39, 0.29) is 28.3 Å². The molecule has 0 heterocycles. The van der Waals surface area contributed by atoms with Crippen LogP contribution in [0.25, 0.3) is 0 Å². The molecule has 8 heteroatoms. The van der Waals surface area contributed by atoms with Crippen LogP contribution in [0.1, 0.15) is 29.6 Å². The Hall–Kier alpha value is -1.24. The number of sulfone groups is 1. The van der Waals surface area contributed by atoms with Crippen LogP contribution >= 0.6 is 23.2 Å². The molecule has 1 aromatic carbocycles. The molecule has 0 atom stereocenters. The van der Waals surface area contributed by atoms with Gasteiger partial charge in [-0.1, -0.05) is 11.6 Å². The standard InChI is InChI=1S/C14H12Cl2O5S/c15-7-22(20,21)8-4-5-9(10(16)6-8)14(19)13-11(17)2-1-3-12(13)18/h4-6,13H,1-3,7H2. The molecule has 0 amide bonds. The first-order chi connectivity index (χ1) is 10.3. The highest BCUT2D eigenvalue weighted by Gasteiger charge is 2.37. The second-order valence-corrected chi connectivity index (χ2v) is 7.93. The average Bonchev–Trinajstić information content (AvgIpc) is 2.46. The lowest BCUT2D eigenvalue weighted by molar-refractivity contribution is -0.133. The number of hydrogen-bond donors (Lipinski definition) is 0. The fourth-order valence-electron chi connectivity index (χ4n) is 2.31. The van der Waals surface area contributed by atoms with Crippen molar-refractivity contribution < 1.29 is 22.8 Å². The zero-order valence-electron chi connectivity index (χ0n) is 11.3. The zero-order chi connectivity index (χ0) is 16.5. The van der Waals surface area contributed by atoms with Gasteiger partial charge >= 0.3 is 0 Å². The average molecular weight is 363 g/mol. The van der Waals surface area contributed by atoms with Crippen molar-refractivity contribution in [3.05, 3.63) is 28.8 Å². The molecule has 0 aliphatic heterocycles. The smallest absolute Gasteiger partial charge is 0.192 e. The van der Waals surface area contributed by atoms with Crippen molar-refractivity contribution in [2.24, 2.45) is 5.92 Å². The lowest BCUT2D eigenvalue weighted by atomic mass is 9.82. The summed E-state index contributed by atoms with van der Waals surface area (Å²) in [5, 5.41) is -0.738. The Morgan fingerprint density at radius 2 is 1.77 bits per heavy atom. The minimum atomic E-state index is -3.67. The predicted molar refractivity (Wildman–Crippen MR) is 81.0 cm³/mol. The third kappa shape index (κ3) is 3.24. The number of carbonyl (C=O) groups excluding carboxylic acids is 3. The van der Waals surface area contributed by atoms with Gasteiger partial charge in [-0.25, -0.2) is 8.42 Å². The number of rotatable bonds is 4. The van der Waals surface area contributed by atoms with E-state index < -0.39 is 38.3 Å². The Morgan fingerprint density at radius 1 is 1.18 bits per heavy atom. The molecule has 1 fully saturated rings. The normalized spacial score (nSPS) is 16.8. The number of Topliss-reactive ketones (excluding diaryl/α,β-unsaturated/α-hetero) is 3. The maximum atomic E-state index is 12.4. The van der Waals surface area contributed by atoms with Crippen LogP contribution in [0.15, 0.2) is 23.1 Å². The molecule has 0 N–H and O–H groups in total. The molecule has 22 heavy (non-hydrogen) atoms. The Labute approximate surface area is 137 Å². The lowest BCUT2D eigenvalue weighted by Gasteiger charge is -2.18. The second-order valence-electron chi connectivity index (χ2n) is 4.95. The Kier molecular flexibility index (Phi) is 5.04. The summed E-state index contributed by atoms with van der Waals surface area (Å²) in [4.78, 5) is 35.9. The van der Waals surface area contributed by atoms with E-state index in [0.717, 1.165) is 6.07 Å². The summed E-state index contributed by atoms with van der Waals surface area (Å²) >= 11 is 11.3. The van der Waals surface area contributed by atoms with Gasteiger partial charge in [0, 0.05) is 18.4 Å². The molecule has 0 spiro atoms. The predicted octanol–water partition coefficient (Wildman–Crippen LogP) is 2.43. The molecule has 0 radical (unpaired) electrons. The molecule has 2 rings (SSSR count). The molecule has 0 saturated heterocycles. The summed E-state index contributed by atoms with van der Waals surface area (Å²) in [6, 6.07) is 3.50. The van der Waals surface area contributed by atoms with E-state index in [0.29, 0.717) is 6.42 Å². The minimum absolute atomic E-state index is 0.0382. The fraction of sp³-hybridized carbons (Fsp3) is 0.357. The first-order valence-electron chi connectivity index (χ1n) is 6.46. The monoisotopic (exact) mass is 362 g/mol. The van der Waals surface area contributed by atoms with Crippen molar-refractivity contribution >= 4 is 50.4 Å². The molecule has 0 unspecified atom stereocenters. The highest BCUT2D eigenvalue weighted by molar-refractivity contribution is 7.92. The molecule has 1 aromatic rings. The maximum Gasteiger partial charge on any atom is 0.192 e. The van der Waals surface area contributed by atoms with Crippen molar-refractivity contribution in [3.8, 4) is 0 Å². The first-order valence-corrected chi connectivity index (χ1v) is 9.02. The van der Waals surface area contributed by atoms with E-state index in [1.165, 1.54) is 12.1 Å². The molecule has 1 aliphatic rings. The molecule has 0 bridgehead atoms. The third-order valence-corrected chi connectivity index (χ3v) is 5.90. The summed E-state index contributed by atoms with van der Waals surface area (Å²) in [6.45, 7) is 0. The van der Waals surface area contributed by atoms with E-state index in [4.69, 9.17) is 23.2 Å². The van der Waals surface area contributed by atoms with E-state index in [1.54, 1.807) is 0 Å². The van der Waals surface area contributed by atoms with Crippen molar-refractivity contribution in [1.29, 1.82) is 0 Å². The van der Waals surface area contributed by atoms with Crippen LogP contribution in [-0.2, 0) is 19.4 Å². The molecule has 1 aliphatic carbocycles. The van der Waals surface area contributed by atoms with Gasteiger partial charge in [-0.05, 0) is 24.6 Å². The topological polar surface area (TPSA) is 85.3 Å². The largest absolute Gasteiger partial charge is 0.298 e. The number of carbonyl (C=O) groups is 3. The van der Waals surface area contributed by atoms with E-state index in [2.05, 4.69) is 0 Å². The van der Waals surface area contributed by atoms with Gasteiger partial charge in [0.2, 0.25) is 0 Å². The summed E-state index contributed by atoms with van der Waals surface area (Å²) in [5.74, 6) is -2.86. The van der Waals surface area contributed by atoms with Crippen LogP contribution in [0.5, 0.6) is 0 Å². The molecule has 118 valence electrons. The Morgan fingerprint density at radius 3 is 2.27 bits per heavy atom. The van der Waals surface area contributed by atoms with E-state index >= 15 is 0 Å². The zero-order valence-corrected chi connectivity index (χ0v) is 13.7. The Bertz CT molecular complexity index is 738. The van der Waals surface area contributed by atoms with Crippen molar-refractivity contribution in [2.75, 3.05) is 5.21 Å². The van der Waals surface area contributed by atoms with Crippen LogP contribution < -0.4 is 0 Å². The number of ketones is 3. The molecular formula is C14H12Cl2O5S.